The van der Waals surface area contributed by atoms with E-state index in [1.807, 2.05) is 0 Å². The van der Waals surface area contributed by atoms with E-state index in [4.69, 9.17) is 4.74 Å². The van der Waals surface area contributed by atoms with Gasteiger partial charge in [-0.05, 0) is 0 Å². The molecule has 1 aliphatic rings. The molecule has 1 aliphatic heterocycles. The van der Waals surface area contributed by atoms with Gasteiger partial charge in [-0.15, -0.1) is 0 Å². The van der Waals surface area contributed by atoms with E-state index >= 15 is 0 Å². The molecule has 0 saturated carbocycles. The van der Waals surface area contributed by atoms with E-state index in [0.717, 1.165) is 0 Å². The first-order valence-electron chi connectivity index (χ1n) is 3.56. The van der Waals surface area contributed by atoms with Crippen molar-refractivity contribution in [1.82, 2.24) is 0 Å². The molecule has 1 unspecified atom stereocenters. The normalized spacial score (nSPS) is 22.8. The Hall–Kier alpha value is -0.780. The van der Waals surface area contributed by atoms with Gasteiger partial charge in [0.1, 0.15) is 6.10 Å². The molecule has 0 aromatic heterocycles. The van der Waals surface area contributed by atoms with Crippen LogP contribution in [0.25, 0.3) is 0 Å². The Morgan fingerprint density at radius 1 is 1.62 bits per heavy atom. The zero-order chi connectivity index (χ0) is 10.1. The van der Waals surface area contributed by atoms with Crippen molar-refractivity contribution in [1.29, 1.82) is 0 Å². The molecule has 6 heteroatoms. The molecule has 1 fully saturated rings. The first-order valence-corrected chi connectivity index (χ1v) is 3.56. The van der Waals surface area contributed by atoms with Gasteiger partial charge in [0.15, 0.2) is 0 Å². The fourth-order valence-corrected chi connectivity index (χ4v) is 0.840. The van der Waals surface area contributed by atoms with Crippen molar-refractivity contribution in [2.24, 2.45) is 0 Å². The van der Waals surface area contributed by atoms with Crippen LogP contribution in [-0.4, -0.2) is 25.2 Å². The maximum absolute atomic E-state index is 12.1. The summed E-state index contributed by atoms with van der Waals surface area (Å²) in [4.78, 5) is 0. The molecule has 2 nitrogen and oxygen atoms in total. The second-order valence-electron chi connectivity index (χ2n) is 2.66. The molecule has 1 atom stereocenters. The van der Waals surface area contributed by atoms with Crippen LogP contribution in [0.1, 0.15) is 6.42 Å². The largest absolute Gasteiger partial charge is 0.492 e. The Kier molecular flexibility index (Phi) is 2.80. The van der Waals surface area contributed by atoms with Gasteiger partial charge < -0.3 is 9.47 Å². The summed E-state index contributed by atoms with van der Waals surface area (Å²) in [5.41, 5.74) is 0. The zero-order valence-electron chi connectivity index (χ0n) is 6.60. The van der Waals surface area contributed by atoms with Crippen molar-refractivity contribution in [3.8, 4) is 0 Å². The fourth-order valence-electron chi connectivity index (χ4n) is 0.840. The first-order chi connectivity index (χ1) is 5.92. The molecule has 0 amide bonds. The van der Waals surface area contributed by atoms with Crippen molar-refractivity contribution in [2.45, 2.75) is 25.1 Å². The fraction of sp³-hybridized carbons (Fsp3) is 0.714. The summed E-state index contributed by atoms with van der Waals surface area (Å²) in [5.74, 6) is 0.453. The Bertz CT molecular complexity index is 197. The van der Waals surface area contributed by atoms with E-state index in [2.05, 4.69) is 11.3 Å². The Morgan fingerprint density at radius 3 is 2.54 bits per heavy atom. The second kappa shape index (κ2) is 3.53. The van der Waals surface area contributed by atoms with Crippen LogP contribution in [0.2, 0.25) is 0 Å². The second-order valence-corrected chi connectivity index (χ2v) is 2.66. The van der Waals surface area contributed by atoms with Gasteiger partial charge in [0, 0.05) is 6.42 Å². The maximum Gasteiger partial charge on any atom is 0.416 e. The van der Waals surface area contributed by atoms with Gasteiger partial charge in [0.2, 0.25) is 0 Å². The highest BCUT2D eigenvalue weighted by molar-refractivity contribution is 4.96. The van der Waals surface area contributed by atoms with E-state index in [-0.39, 0.29) is 0 Å². The van der Waals surface area contributed by atoms with Crippen molar-refractivity contribution in [2.75, 3.05) is 6.61 Å². The van der Waals surface area contributed by atoms with Crippen LogP contribution in [-0.2, 0) is 9.47 Å². The van der Waals surface area contributed by atoms with Crippen molar-refractivity contribution in [3.05, 3.63) is 12.3 Å². The minimum absolute atomic E-state index is 0.374. The van der Waals surface area contributed by atoms with Gasteiger partial charge >= 0.3 is 12.5 Å². The van der Waals surface area contributed by atoms with Gasteiger partial charge in [0.25, 0.3) is 0 Å². The topological polar surface area (TPSA) is 18.5 Å². The van der Waals surface area contributed by atoms with E-state index in [1.54, 1.807) is 0 Å². The van der Waals surface area contributed by atoms with Gasteiger partial charge in [-0.2, -0.15) is 8.78 Å². The van der Waals surface area contributed by atoms with E-state index in [1.165, 1.54) is 0 Å². The highest BCUT2D eigenvalue weighted by atomic mass is 19.3. The predicted molar refractivity (Wildman–Crippen MR) is 35.5 cm³/mol. The Balaban J connectivity index is 2.22. The number of hydrogen-bond acceptors (Lipinski definition) is 2. The van der Waals surface area contributed by atoms with Crippen molar-refractivity contribution < 1.29 is 27.0 Å². The number of ether oxygens (including phenoxy) is 2. The van der Waals surface area contributed by atoms with Crippen LogP contribution >= 0.6 is 0 Å². The van der Waals surface area contributed by atoms with Crippen LogP contribution in [0, 0.1) is 0 Å². The maximum atomic E-state index is 12.1. The van der Waals surface area contributed by atoms with E-state index in [0.29, 0.717) is 12.2 Å². The highest BCUT2D eigenvalue weighted by Crippen LogP contribution is 2.28. The lowest BCUT2D eigenvalue weighted by atomic mass is 10.1. The lowest BCUT2D eigenvalue weighted by molar-refractivity contribution is -0.310. The smallest absolute Gasteiger partial charge is 0.416 e. The highest BCUT2D eigenvalue weighted by Gasteiger charge is 2.43. The SMILES string of the molecule is C=C1CC(COC(F)(F)C(F)F)O1. The lowest BCUT2D eigenvalue weighted by Gasteiger charge is -2.30. The average molecular weight is 200 g/mol. The summed E-state index contributed by atoms with van der Waals surface area (Å²) in [6.45, 7) is 2.83. The first kappa shape index (κ1) is 10.3. The molecular formula is C7H8F4O2. The predicted octanol–water partition coefficient (Wildman–Crippen LogP) is 2.16. The molecule has 0 spiro atoms. The summed E-state index contributed by atoms with van der Waals surface area (Å²) >= 11 is 0. The third-order valence-electron chi connectivity index (χ3n) is 1.50. The molecule has 0 aromatic rings. The molecule has 76 valence electrons. The number of halogens is 4. The monoisotopic (exact) mass is 200 g/mol. The van der Waals surface area contributed by atoms with Gasteiger partial charge in [0.05, 0.1) is 12.4 Å². The molecule has 1 saturated heterocycles. The van der Waals surface area contributed by atoms with E-state index in [9.17, 15) is 17.6 Å². The molecular weight excluding hydrogens is 192 g/mol. The van der Waals surface area contributed by atoms with Gasteiger partial charge in [-0.3, -0.25) is 0 Å². The molecule has 1 rings (SSSR count). The van der Waals surface area contributed by atoms with Crippen molar-refractivity contribution >= 4 is 0 Å². The van der Waals surface area contributed by atoms with E-state index < -0.39 is 25.2 Å². The number of rotatable bonds is 4. The summed E-state index contributed by atoms with van der Waals surface area (Å²) < 4.78 is 55.7. The minimum atomic E-state index is -4.39. The lowest BCUT2D eigenvalue weighted by Crippen LogP contribution is -2.37. The molecule has 1 heterocycles. The summed E-state index contributed by atoms with van der Waals surface area (Å²) in [7, 11) is 0. The number of alkyl halides is 4. The average Bonchev–Trinajstić information content (AvgIpc) is 1.95. The third-order valence-corrected chi connectivity index (χ3v) is 1.50. The molecule has 0 bridgehead atoms. The zero-order valence-corrected chi connectivity index (χ0v) is 6.60. The van der Waals surface area contributed by atoms with Crippen LogP contribution in [0.3, 0.4) is 0 Å². The Labute approximate surface area is 72.1 Å². The summed E-state index contributed by atoms with van der Waals surface area (Å²) in [5, 5.41) is 0. The summed E-state index contributed by atoms with van der Waals surface area (Å²) in [6.07, 6.45) is -8.40. The molecule has 0 aromatic carbocycles. The quantitative estimate of drug-likeness (QED) is 0.647. The van der Waals surface area contributed by atoms with Gasteiger partial charge in [-0.25, -0.2) is 8.78 Å². The van der Waals surface area contributed by atoms with Gasteiger partial charge in [-0.1, -0.05) is 6.58 Å². The molecule has 0 aliphatic carbocycles. The summed E-state index contributed by atoms with van der Waals surface area (Å²) in [6, 6.07) is 0. The molecule has 0 N–H and O–H groups in total. The van der Waals surface area contributed by atoms with Crippen LogP contribution in [0.5, 0.6) is 0 Å². The standard InChI is InChI=1S/C7H8F4O2/c1-4-2-5(13-4)3-12-7(10,11)6(8)9/h5-6H,1-3H2. The Morgan fingerprint density at radius 2 is 2.15 bits per heavy atom. The van der Waals surface area contributed by atoms with Crippen molar-refractivity contribution in [3.63, 3.8) is 0 Å². The van der Waals surface area contributed by atoms with Crippen LogP contribution in [0.4, 0.5) is 17.6 Å². The molecule has 13 heavy (non-hydrogen) atoms. The molecule has 0 radical (unpaired) electrons. The minimum Gasteiger partial charge on any atom is -0.492 e. The third kappa shape index (κ3) is 2.58. The number of hydrogen-bond donors (Lipinski definition) is 0. The van der Waals surface area contributed by atoms with Crippen LogP contribution < -0.4 is 0 Å². The van der Waals surface area contributed by atoms with Crippen LogP contribution in [0.15, 0.2) is 12.3 Å².